The lowest BCUT2D eigenvalue weighted by molar-refractivity contribution is -0.119. The Kier molecular flexibility index (Phi) is 5.83. The van der Waals surface area contributed by atoms with Crippen LogP contribution in [-0.4, -0.2) is 25.0 Å². The van der Waals surface area contributed by atoms with Crippen molar-refractivity contribution in [2.45, 2.75) is 6.92 Å². The first-order valence-corrected chi connectivity index (χ1v) is 7.37. The zero-order valence-electron chi connectivity index (χ0n) is 13.0. The summed E-state index contributed by atoms with van der Waals surface area (Å²) in [4.78, 5) is 23.2. The maximum atomic E-state index is 14.1. The van der Waals surface area contributed by atoms with Gasteiger partial charge in [-0.05, 0) is 18.6 Å². The lowest BCUT2D eigenvalue weighted by Crippen LogP contribution is -2.39. The molecule has 0 aliphatic rings. The second kappa shape index (κ2) is 8.05. The molecule has 0 bridgehead atoms. The molecule has 0 saturated carbocycles. The van der Waals surface area contributed by atoms with Crippen molar-refractivity contribution in [1.82, 2.24) is 10.6 Å². The van der Waals surface area contributed by atoms with Crippen molar-refractivity contribution in [1.29, 1.82) is 0 Å². The summed E-state index contributed by atoms with van der Waals surface area (Å²) in [7, 11) is 0. The van der Waals surface area contributed by atoms with E-state index >= 15 is 0 Å². The summed E-state index contributed by atoms with van der Waals surface area (Å²) in [5.41, 5.74) is 0.604. The molecule has 126 valence electrons. The highest BCUT2D eigenvalue weighted by Gasteiger charge is 2.16. The number of amides is 3. The van der Waals surface area contributed by atoms with Gasteiger partial charge in [0.1, 0.15) is 11.6 Å². The molecular weight excluding hydrogens is 316 g/mol. The van der Waals surface area contributed by atoms with Crippen LogP contribution < -0.4 is 16.0 Å². The van der Waals surface area contributed by atoms with Gasteiger partial charge in [0.25, 0.3) is 0 Å². The molecule has 0 atom stereocenters. The minimum absolute atomic E-state index is 0.156. The molecule has 2 rings (SSSR count). The molecule has 3 N–H and O–H groups in total. The highest BCUT2D eigenvalue weighted by Crippen LogP contribution is 2.31. The number of likely N-dealkylation sites (N-methyl/N-ethyl adjacent to an activating group) is 1. The minimum atomic E-state index is -0.901. The molecular formula is C17H17F2N3O2. The molecule has 0 saturated heterocycles. The maximum absolute atomic E-state index is 14.1. The molecule has 2 aromatic rings. The average molecular weight is 333 g/mol. The van der Waals surface area contributed by atoms with E-state index in [9.17, 15) is 18.4 Å². The van der Waals surface area contributed by atoms with Crippen molar-refractivity contribution in [2.24, 2.45) is 0 Å². The monoisotopic (exact) mass is 333 g/mol. The van der Waals surface area contributed by atoms with E-state index in [1.54, 1.807) is 37.3 Å². The SMILES string of the molecule is CCNC(=O)CNC(=O)Nc1c(F)cc(F)cc1-c1ccccc1. The van der Waals surface area contributed by atoms with Crippen LogP contribution in [0.1, 0.15) is 6.92 Å². The van der Waals surface area contributed by atoms with E-state index in [1.165, 1.54) is 0 Å². The van der Waals surface area contributed by atoms with Gasteiger partial charge in [-0.2, -0.15) is 0 Å². The van der Waals surface area contributed by atoms with Gasteiger partial charge in [-0.15, -0.1) is 0 Å². The van der Waals surface area contributed by atoms with Crippen LogP contribution in [0, 0.1) is 11.6 Å². The summed E-state index contributed by atoms with van der Waals surface area (Å²) in [5.74, 6) is -2.02. The van der Waals surface area contributed by atoms with Gasteiger partial charge in [0.05, 0.1) is 12.2 Å². The lowest BCUT2D eigenvalue weighted by atomic mass is 10.0. The minimum Gasteiger partial charge on any atom is -0.355 e. The zero-order chi connectivity index (χ0) is 17.5. The third kappa shape index (κ3) is 4.52. The first-order chi connectivity index (χ1) is 11.5. The Morgan fingerprint density at radius 1 is 1.04 bits per heavy atom. The van der Waals surface area contributed by atoms with Gasteiger partial charge in [0.2, 0.25) is 5.91 Å². The van der Waals surface area contributed by atoms with Crippen LogP contribution in [0.4, 0.5) is 19.3 Å². The van der Waals surface area contributed by atoms with E-state index in [0.717, 1.165) is 6.07 Å². The molecule has 0 spiro atoms. The standard InChI is InChI=1S/C17H17F2N3O2/c1-2-20-15(23)10-21-17(24)22-16-13(8-12(18)9-14(16)19)11-6-4-3-5-7-11/h3-9H,2,10H2,1H3,(H,20,23)(H2,21,22,24). The number of benzene rings is 2. The number of carbonyl (C=O) groups is 2. The number of urea groups is 1. The molecule has 5 nitrogen and oxygen atoms in total. The fourth-order valence-electron chi connectivity index (χ4n) is 2.12. The van der Waals surface area contributed by atoms with Gasteiger partial charge in [-0.25, -0.2) is 13.6 Å². The summed E-state index contributed by atoms with van der Waals surface area (Å²) in [6.07, 6.45) is 0. The molecule has 0 aliphatic carbocycles. The Bertz CT molecular complexity index is 736. The van der Waals surface area contributed by atoms with Crippen LogP contribution in [0.25, 0.3) is 11.1 Å². The van der Waals surface area contributed by atoms with Gasteiger partial charge >= 0.3 is 6.03 Å². The maximum Gasteiger partial charge on any atom is 0.319 e. The van der Waals surface area contributed by atoms with Gasteiger partial charge < -0.3 is 16.0 Å². The van der Waals surface area contributed by atoms with E-state index in [2.05, 4.69) is 16.0 Å². The number of nitrogens with one attached hydrogen (secondary N) is 3. The van der Waals surface area contributed by atoms with Crippen molar-refractivity contribution in [3.8, 4) is 11.1 Å². The molecule has 2 aromatic carbocycles. The second-order valence-corrected chi connectivity index (χ2v) is 4.94. The van der Waals surface area contributed by atoms with Gasteiger partial charge in [0.15, 0.2) is 0 Å². The van der Waals surface area contributed by atoms with Gasteiger partial charge in [-0.3, -0.25) is 4.79 Å². The van der Waals surface area contributed by atoms with Crippen molar-refractivity contribution in [2.75, 3.05) is 18.4 Å². The van der Waals surface area contributed by atoms with Gasteiger partial charge in [-0.1, -0.05) is 30.3 Å². The normalized spacial score (nSPS) is 10.1. The lowest BCUT2D eigenvalue weighted by Gasteiger charge is -2.13. The summed E-state index contributed by atoms with van der Waals surface area (Å²) in [6, 6.07) is 9.62. The Balaban J connectivity index is 2.20. The van der Waals surface area contributed by atoms with Crippen LogP contribution in [0.15, 0.2) is 42.5 Å². The van der Waals surface area contributed by atoms with Crippen molar-refractivity contribution >= 4 is 17.6 Å². The summed E-state index contributed by atoms with van der Waals surface area (Å²) in [6.45, 7) is 1.94. The molecule has 0 heterocycles. The summed E-state index contributed by atoms with van der Waals surface area (Å²) < 4.78 is 27.7. The Morgan fingerprint density at radius 3 is 2.42 bits per heavy atom. The van der Waals surface area contributed by atoms with E-state index in [1.807, 2.05) is 0 Å². The second-order valence-electron chi connectivity index (χ2n) is 4.94. The summed E-state index contributed by atoms with van der Waals surface area (Å²) >= 11 is 0. The van der Waals surface area contributed by atoms with E-state index < -0.39 is 17.7 Å². The van der Waals surface area contributed by atoms with Crippen molar-refractivity contribution in [3.63, 3.8) is 0 Å². The van der Waals surface area contributed by atoms with E-state index in [4.69, 9.17) is 0 Å². The molecule has 0 aromatic heterocycles. The molecule has 0 aliphatic heterocycles. The number of halogens is 2. The predicted octanol–water partition coefficient (Wildman–Crippen LogP) is 2.89. The molecule has 3 amide bonds. The zero-order valence-corrected chi connectivity index (χ0v) is 13.0. The fourth-order valence-corrected chi connectivity index (χ4v) is 2.12. The quantitative estimate of drug-likeness (QED) is 0.787. The Labute approximate surface area is 138 Å². The van der Waals surface area contributed by atoms with Crippen LogP contribution in [0.2, 0.25) is 0 Å². The molecule has 24 heavy (non-hydrogen) atoms. The number of hydrogen-bond donors (Lipinski definition) is 3. The Hall–Kier alpha value is -2.96. The largest absolute Gasteiger partial charge is 0.355 e. The smallest absolute Gasteiger partial charge is 0.319 e. The number of rotatable bonds is 5. The average Bonchev–Trinajstić information content (AvgIpc) is 2.56. The van der Waals surface area contributed by atoms with E-state index in [0.29, 0.717) is 18.2 Å². The molecule has 7 heteroatoms. The molecule has 0 fully saturated rings. The first-order valence-electron chi connectivity index (χ1n) is 7.37. The van der Waals surface area contributed by atoms with Crippen molar-refractivity contribution < 1.29 is 18.4 Å². The Morgan fingerprint density at radius 2 is 1.75 bits per heavy atom. The molecule has 0 radical (unpaired) electrons. The first kappa shape index (κ1) is 17.4. The van der Waals surface area contributed by atoms with Crippen LogP contribution in [0.5, 0.6) is 0 Å². The third-order valence-electron chi connectivity index (χ3n) is 3.16. The number of anilines is 1. The highest BCUT2D eigenvalue weighted by atomic mass is 19.1. The van der Waals surface area contributed by atoms with Gasteiger partial charge in [0, 0.05) is 18.2 Å². The number of carbonyl (C=O) groups excluding carboxylic acids is 2. The van der Waals surface area contributed by atoms with Crippen molar-refractivity contribution in [3.05, 3.63) is 54.1 Å². The highest BCUT2D eigenvalue weighted by molar-refractivity contribution is 5.96. The van der Waals surface area contributed by atoms with Crippen LogP contribution >= 0.6 is 0 Å². The fraction of sp³-hybridized carbons (Fsp3) is 0.176. The van der Waals surface area contributed by atoms with Crippen LogP contribution in [0.3, 0.4) is 0 Å². The van der Waals surface area contributed by atoms with Crippen LogP contribution in [-0.2, 0) is 4.79 Å². The third-order valence-corrected chi connectivity index (χ3v) is 3.16. The number of hydrogen-bond acceptors (Lipinski definition) is 2. The predicted molar refractivity (Wildman–Crippen MR) is 87.5 cm³/mol. The van der Waals surface area contributed by atoms with E-state index in [-0.39, 0.29) is 23.7 Å². The summed E-state index contributed by atoms with van der Waals surface area (Å²) in [5, 5.41) is 7.16. The topological polar surface area (TPSA) is 70.2 Å². The molecule has 0 unspecified atom stereocenters.